The summed E-state index contributed by atoms with van der Waals surface area (Å²) < 4.78 is 0. The monoisotopic (exact) mass is 248 g/mol. The van der Waals surface area contributed by atoms with Crippen molar-refractivity contribution >= 4 is 18.3 Å². The average molecular weight is 249 g/mol. The van der Waals surface area contributed by atoms with Crippen LogP contribution in [-0.4, -0.2) is 25.0 Å². The molecule has 96 valence electrons. The SMILES string of the molecule is CCCCC(CCC)NC(=O)C1CNC1.Cl. The zero-order valence-corrected chi connectivity index (χ0v) is 11.2. The van der Waals surface area contributed by atoms with Gasteiger partial charge in [-0.25, -0.2) is 0 Å². The summed E-state index contributed by atoms with van der Waals surface area (Å²) in [7, 11) is 0. The lowest BCUT2D eigenvalue weighted by Crippen LogP contribution is -2.52. The highest BCUT2D eigenvalue weighted by Crippen LogP contribution is 2.09. The second-order valence-electron chi connectivity index (χ2n) is 4.49. The molecule has 0 radical (unpaired) electrons. The molecule has 1 fully saturated rings. The van der Waals surface area contributed by atoms with Crippen LogP contribution in [0.4, 0.5) is 0 Å². The molecule has 1 aliphatic rings. The van der Waals surface area contributed by atoms with E-state index in [-0.39, 0.29) is 24.2 Å². The number of carbonyl (C=O) groups excluding carboxylic acids is 1. The number of rotatable bonds is 7. The molecule has 1 heterocycles. The number of hydrogen-bond donors (Lipinski definition) is 2. The van der Waals surface area contributed by atoms with Crippen LogP contribution in [0, 0.1) is 5.92 Å². The van der Waals surface area contributed by atoms with Gasteiger partial charge in [0.15, 0.2) is 0 Å². The third kappa shape index (κ3) is 5.17. The molecule has 1 unspecified atom stereocenters. The van der Waals surface area contributed by atoms with Crippen molar-refractivity contribution in [1.29, 1.82) is 0 Å². The lowest BCUT2D eigenvalue weighted by atomic mass is 10.00. The zero-order chi connectivity index (χ0) is 11.1. The van der Waals surface area contributed by atoms with Crippen LogP contribution in [0.1, 0.15) is 46.0 Å². The molecule has 0 aromatic heterocycles. The zero-order valence-electron chi connectivity index (χ0n) is 10.4. The van der Waals surface area contributed by atoms with E-state index in [4.69, 9.17) is 0 Å². The van der Waals surface area contributed by atoms with Gasteiger partial charge in [0.2, 0.25) is 5.91 Å². The summed E-state index contributed by atoms with van der Waals surface area (Å²) in [5, 5.41) is 6.31. The normalized spacial score (nSPS) is 17.1. The van der Waals surface area contributed by atoms with E-state index in [2.05, 4.69) is 24.5 Å². The van der Waals surface area contributed by atoms with E-state index >= 15 is 0 Å². The molecule has 1 atom stereocenters. The number of carbonyl (C=O) groups is 1. The predicted molar refractivity (Wildman–Crippen MR) is 70.0 cm³/mol. The number of halogens is 1. The molecule has 0 saturated carbocycles. The molecule has 0 bridgehead atoms. The summed E-state index contributed by atoms with van der Waals surface area (Å²) in [5.74, 6) is 0.481. The molecule has 1 amide bonds. The van der Waals surface area contributed by atoms with Gasteiger partial charge in [0, 0.05) is 19.1 Å². The van der Waals surface area contributed by atoms with E-state index in [1.165, 1.54) is 12.8 Å². The Labute approximate surface area is 105 Å². The van der Waals surface area contributed by atoms with Gasteiger partial charge in [0.05, 0.1) is 5.92 Å². The maximum Gasteiger partial charge on any atom is 0.225 e. The van der Waals surface area contributed by atoms with Gasteiger partial charge >= 0.3 is 0 Å². The molecule has 0 aromatic carbocycles. The van der Waals surface area contributed by atoms with Crippen molar-refractivity contribution in [3.63, 3.8) is 0 Å². The van der Waals surface area contributed by atoms with Crippen LogP contribution in [0.5, 0.6) is 0 Å². The maximum atomic E-state index is 11.7. The predicted octanol–water partition coefficient (Wildman–Crippen LogP) is 2.10. The van der Waals surface area contributed by atoms with E-state index in [9.17, 15) is 4.79 Å². The number of amides is 1. The summed E-state index contributed by atoms with van der Waals surface area (Å²) in [4.78, 5) is 11.7. The van der Waals surface area contributed by atoms with E-state index in [0.29, 0.717) is 6.04 Å². The molecule has 16 heavy (non-hydrogen) atoms. The molecule has 1 aliphatic heterocycles. The van der Waals surface area contributed by atoms with Crippen LogP contribution in [0.2, 0.25) is 0 Å². The van der Waals surface area contributed by atoms with Gasteiger partial charge in [-0.2, -0.15) is 0 Å². The molecule has 2 N–H and O–H groups in total. The van der Waals surface area contributed by atoms with Crippen LogP contribution < -0.4 is 10.6 Å². The first-order valence-electron chi connectivity index (χ1n) is 6.29. The highest BCUT2D eigenvalue weighted by Gasteiger charge is 2.26. The Balaban J connectivity index is 0.00000225. The minimum Gasteiger partial charge on any atom is -0.353 e. The number of hydrogen-bond acceptors (Lipinski definition) is 2. The first-order valence-corrected chi connectivity index (χ1v) is 6.29. The van der Waals surface area contributed by atoms with Gasteiger partial charge in [-0.1, -0.05) is 33.1 Å². The maximum absolute atomic E-state index is 11.7. The Bertz CT molecular complexity index is 195. The smallest absolute Gasteiger partial charge is 0.225 e. The van der Waals surface area contributed by atoms with Gasteiger partial charge < -0.3 is 10.6 Å². The van der Waals surface area contributed by atoms with Crippen molar-refractivity contribution in [3.8, 4) is 0 Å². The second kappa shape index (κ2) is 8.82. The summed E-state index contributed by atoms with van der Waals surface area (Å²) in [6.07, 6.45) is 5.83. The van der Waals surface area contributed by atoms with Gasteiger partial charge in [-0.05, 0) is 12.8 Å². The van der Waals surface area contributed by atoms with E-state index < -0.39 is 0 Å². The Hall–Kier alpha value is -0.280. The Morgan fingerprint density at radius 1 is 1.31 bits per heavy atom. The molecular weight excluding hydrogens is 224 g/mol. The van der Waals surface area contributed by atoms with Crippen LogP contribution in [0.3, 0.4) is 0 Å². The summed E-state index contributed by atoms with van der Waals surface area (Å²) in [6, 6.07) is 0.406. The van der Waals surface area contributed by atoms with Gasteiger partial charge in [0.25, 0.3) is 0 Å². The summed E-state index contributed by atoms with van der Waals surface area (Å²) in [5.41, 5.74) is 0. The first-order chi connectivity index (χ1) is 7.27. The summed E-state index contributed by atoms with van der Waals surface area (Å²) in [6.45, 7) is 6.09. The lowest BCUT2D eigenvalue weighted by molar-refractivity contribution is -0.127. The van der Waals surface area contributed by atoms with Crippen LogP contribution in [-0.2, 0) is 4.79 Å². The highest BCUT2D eigenvalue weighted by molar-refractivity contribution is 5.85. The Kier molecular flexibility index (Phi) is 8.67. The largest absolute Gasteiger partial charge is 0.353 e. The van der Waals surface area contributed by atoms with Crippen molar-refractivity contribution < 1.29 is 4.79 Å². The topological polar surface area (TPSA) is 41.1 Å². The standard InChI is InChI=1S/C12H24N2O.ClH/c1-3-5-7-11(6-4-2)14-12(15)10-8-13-9-10;/h10-11,13H,3-9H2,1-2H3,(H,14,15);1H. The van der Waals surface area contributed by atoms with Crippen molar-refractivity contribution in [2.45, 2.75) is 52.0 Å². The molecule has 4 heteroatoms. The fourth-order valence-corrected chi connectivity index (χ4v) is 1.88. The molecular formula is C12H25ClN2O. The Morgan fingerprint density at radius 3 is 2.44 bits per heavy atom. The van der Waals surface area contributed by atoms with Crippen LogP contribution in [0.15, 0.2) is 0 Å². The molecule has 0 aromatic rings. The molecule has 0 aliphatic carbocycles. The first kappa shape index (κ1) is 15.7. The highest BCUT2D eigenvalue weighted by atomic mass is 35.5. The van der Waals surface area contributed by atoms with Crippen LogP contribution in [0.25, 0.3) is 0 Å². The fraction of sp³-hybridized carbons (Fsp3) is 0.917. The van der Waals surface area contributed by atoms with E-state index in [1.54, 1.807) is 0 Å². The molecule has 3 nitrogen and oxygen atoms in total. The molecule has 0 spiro atoms. The minimum absolute atomic E-state index is 0. The van der Waals surface area contributed by atoms with Crippen molar-refractivity contribution in [3.05, 3.63) is 0 Å². The number of nitrogens with one attached hydrogen (secondary N) is 2. The van der Waals surface area contributed by atoms with Crippen LogP contribution >= 0.6 is 12.4 Å². The fourth-order valence-electron chi connectivity index (χ4n) is 1.88. The van der Waals surface area contributed by atoms with Crippen molar-refractivity contribution in [1.82, 2.24) is 10.6 Å². The van der Waals surface area contributed by atoms with Gasteiger partial charge in [-0.15, -0.1) is 12.4 Å². The molecule has 1 rings (SSSR count). The summed E-state index contributed by atoms with van der Waals surface area (Å²) >= 11 is 0. The van der Waals surface area contributed by atoms with E-state index in [1.807, 2.05) is 0 Å². The quantitative estimate of drug-likeness (QED) is 0.725. The van der Waals surface area contributed by atoms with Crippen molar-refractivity contribution in [2.24, 2.45) is 5.92 Å². The lowest BCUT2D eigenvalue weighted by Gasteiger charge is -2.28. The van der Waals surface area contributed by atoms with E-state index in [0.717, 1.165) is 32.4 Å². The minimum atomic E-state index is 0. The second-order valence-corrected chi connectivity index (χ2v) is 4.49. The third-order valence-electron chi connectivity index (χ3n) is 3.04. The third-order valence-corrected chi connectivity index (χ3v) is 3.04. The Morgan fingerprint density at radius 2 is 2.00 bits per heavy atom. The average Bonchev–Trinajstić information content (AvgIpc) is 2.11. The molecule has 1 saturated heterocycles. The number of unbranched alkanes of at least 4 members (excludes halogenated alkanes) is 1. The van der Waals surface area contributed by atoms with Gasteiger partial charge in [-0.3, -0.25) is 4.79 Å². The van der Waals surface area contributed by atoms with Crippen molar-refractivity contribution in [2.75, 3.05) is 13.1 Å². The van der Waals surface area contributed by atoms with Gasteiger partial charge in [0.1, 0.15) is 0 Å².